The third-order valence-corrected chi connectivity index (χ3v) is 5.69. The van der Waals surface area contributed by atoms with Crippen LogP contribution in [0.5, 0.6) is 0 Å². The van der Waals surface area contributed by atoms with Crippen LogP contribution in [0.2, 0.25) is 0 Å². The second-order valence-electron chi connectivity index (χ2n) is 6.18. The van der Waals surface area contributed by atoms with Crippen molar-refractivity contribution in [2.45, 2.75) is 24.0 Å². The molecule has 0 heterocycles. The summed E-state index contributed by atoms with van der Waals surface area (Å²) in [6.45, 7) is 1.90. The highest BCUT2D eigenvalue weighted by Gasteiger charge is 2.28. The third-order valence-electron chi connectivity index (χ3n) is 4.23. The molecule has 0 bridgehead atoms. The van der Waals surface area contributed by atoms with Crippen molar-refractivity contribution >= 4 is 10.0 Å². The van der Waals surface area contributed by atoms with Gasteiger partial charge in [0.2, 0.25) is 10.0 Å². The highest BCUT2D eigenvalue weighted by molar-refractivity contribution is 7.89. The van der Waals surface area contributed by atoms with Gasteiger partial charge in [0.1, 0.15) is 0 Å². The Kier molecular flexibility index (Phi) is 5.52. The van der Waals surface area contributed by atoms with Gasteiger partial charge >= 0.3 is 0 Å². The van der Waals surface area contributed by atoms with Crippen LogP contribution in [0.25, 0.3) is 0 Å². The fourth-order valence-electron chi connectivity index (χ4n) is 2.77. The zero-order chi connectivity index (χ0) is 18.6. The molecule has 0 radical (unpaired) electrons. The van der Waals surface area contributed by atoms with Crippen LogP contribution in [0.4, 0.5) is 0 Å². The Bertz CT molecular complexity index is 940. The Labute approximate surface area is 154 Å². The standard InChI is InChI=1S/C21H21NO3S/c1-16-12-14-19(15-13-16)26(24,25)22-20(17-8-4-2-5-9-17)21(23)18-10-6-3-7-11-18/h2-15,20-23H,1H3/t20-,21+/m1/s1. The van der Waals surface area contributed by atoms with Gasteiger partial charge in [-0.1, -0.05) is 78.4 Å². The van der Waals surface area contributed by atoms with Gasteiger partial charge in [-0.05, 0) is 30.2 Å². The molecule has 0 fully saturated rings. The number of hydrogen-bond acceptors (Lipinski definition) is 3. The molecular weight excluding hydrogens is 346 g/mol. The predicted molar refractivity (Wildman–Crippen MR) is 102 cm³/mol. The van der Waals surface area contributed by atoms with E-state index in [0.717, 1.165) is 5.56 Å². The summed E-state index contributed by atoms with van der Waals surface area (Å²) in [5, 5.41) is 10.9. The molecule has 3 aromatic rings. The van der Waals surface area contributed by atoms with E-state index < -0.39 is 22.2 Å². The normalized spacial score (nSPS) is 13.9. The van der Waals surface area contributed by atoms with E-state index in [9.17, 15) is 13.5 Å². The van der Waals surface area contributed by atoms with E-state index in [2.05, 4.69) is 4.72 Å². The second-order valence-corrected chi connectivity index (χ2v) is 7.89. The van der Waals surface area contributed by atoms with E-state index in [4.69, 9.17) is 0 Å². The maximum atomic E-state index is 12.8. The van der Waals surface area contributed by atoms with Crippen LogP contribution in [-0.4, -0.2) is 13.5 Å². The van der Waals surface area contributed by atoms with Crippen molar-refractivity contribution in [1.82, 2.24) is 4.72 Å². The number of sulfonamides is 1. The monoisotopic (exact) mass is 367 g/mol. The van der Waals surface area contributed by atoms with Gasteiger partial charge in [-0.3, -0.25) is 0 Å². The van der Waals surface area contributed by atoms with Crippen molar-refractivity contribution in [3.8, 4) is 0 Å². The molecule has 0 saturated heterocycles. The molecule has 0 amide bonds. The molecule has 0 aliphatic rings. The minimum atomic E-state index is -3.79. The van der Waals surface area contributed by atoms with Crippen molar-refractivity contribution in [2.75, 3.05) is 0 Å². The highest BCUT2D eigenvalue weighted by Crippen LogP contribution is 2.30. The smallest absolute Gasteiger partial charge is 0.241 e. The summed E-state index contributed by atoms with van der Waals surface area (Å²) >= 11 is 0. The van der Waals surface area contributed by atoms with E-state index >= 15 is 0 Å². The van der Waals surface area contributed by atoms with Crippen LogP contribution in [0.3, 0.4) is 0 Å². The number of aryl methyl sites for hydroxylation is 1. The molecule has 3 aromatic carbocycles. The minimum absolute atomic E-state index is 0.171. The summed E-state index contributed by atoms with van der Waals surface area (Å²) in [5.74, 6) is 0. The topological polar surface area (TPSA) is 66.4 Å². The Morgan fingerprint density at radius 3 is 1.81 bits per heavy atom. The Hall–Kier alpha value is -2.47. The molecule has 4 nitrogen and oxygen atoms in total. The lowest BCUT2D eigenvalue weighted by molar-refractivity contribution is 0.139. The van der Waals surface area contributed by atoms with Gasteiger partial charge < -0.3 is 5.11 Å². The number of benzene rings is 3. The molecule has 0 saturated carbocycles. The molecule has 26 heavy (non-hydrogen) atoms. The quantitative estimate of drug-likeness (QED) is 0.697. The van der Waals surface area contributed by atoms with E-state index in [1.807, 2.05) is 43.3 Å². The Balaban J connectivity index is 1.97. The van der Waals surface area contributed by atoms with E-state index in [1.165, 1.54) is 0 Å². The SMILES string of the molecule is Cc1ccc(S(=O)(=O)N[C@H](c2ccccc2)[C@@H](O)c2ccccc2)cc1. The lowest BCUT2D eigenvalue weighted by atomic mass is 9.97. The predicted octanol–water partition coefficient (Wildman–Crippen LogP) is 3.75. The maximum absolute atomic E-state index is 12.8. The zero-order valence-electron chi connectivity index (χ0n) is 14.4. The lowest BCUT2D eigenvalue weighted by Crippen LogP contribution is -2.32. The Morgan fingerprint density at radius 1 is 0.769 bits per heavy atom. The van der Waals surface area contributed by atoms with Gasteiger partial charge in [0.15, 0.2) is 0 Å². The average molecular weight is 367 g/mol. The van der Waals surface area contributed by atoms with Crippen LogP contribution in [0.15, 0.2) is 89.8 Å². The van der Waals surface area contributed by atoms with Crippen molar-refractivity contribution in [3.05, 3.63) is 102 Å². The van der Waals surface area contributed by atoms with Crippen molar-refractivity contribution in [2.24, 2.45) is 0 Å². The van der Waals surface area contributed by atoms with Gasteiger partial charge in [-0.2, -0.15) is 0 Å². The molecule has 5 heteroatoms. The molecule has 0 aliphatic heterocycles. The van der Waals surface area contributed by atoms with Crippen molar-refractivity contribution < 1.29 is 13.5 Å². The molecule has 2 N–H and O–H groups in total. The van der Waals surface area contributed by atoms with Crippen molar-refractivity contribution in [3.63, 3.8) is 0 Å². The van der Waals surface area contributed by atoms with E-state index in [-0.39, 0.29) is 4.90 Å². The zero-order valence-corrected chi connectivity index (χ0v) is 15.2. The van der Waals surface area contributed by atoms with Crippen LogP contribution in [0.1, 0.15) is 28.8 Å². The van der Waals surface area contributed by atoms with Crippen LogP contribution in [-0.2, 0) is 10.0 Å². The fraction of sp³-hybridized carbons (Fsp3) is 0.143. The second kappa shape index (κ2) is 7.83. The molecule has 0 aromatic heterocycles. The summed E-state index contributed by atoms with van der Waals surface area (Å²) in [7, 11) is -3.79. The van der Waals surface area contributed by atoms with Gasteiger partial charge in [0, 0.05) is 0 Å². The highest BCUT2D eigenvalue weighted by atomic mass is 32.2. The first kappa shape index (κ1) is 18.3. The summed E-state index contributed by atoms with van der Waals surface area (Å²) < 4.78 is 28.3. The molecular formula is C21H21NO3S. The molecule has 0 spiro atoms. The third kappa shape index (κ3) is 4.19. The van der Waals surface area contributed by atoms with E-state index in [1.54, 1.807) is 48.5 Å². The van der Waals surface area contributed by atoms with Crippen LogP contribution < -0.4 is 4.72 Å². The van der Waals surface area contributed by atoms with E-state index in [0.29, 0.717) is 11.1 Å². The van der Waals surface area contributed by atoms with Gasteiger partial charge in [-0.15, -0.1) is 0 Å². The number of aliphatic hydroxyl groups is 1. The number of nitrogens with one attached hydrogen (secondary N) is 1. The number of aliphatic hydroxyl groups excluding tert-OH is 1. The fourth-order valence-corrected chi connectivity index (χ4v) is 4.00. The first-order valence-electron chi connectivity index (χ1n) is 8.34. The van der Waals surface area contributed by atoms with Crippen LogP contribution in [0, 0.1) is 6.92 Å². The lowest BCUT2D eigenvalue weighted by Gasteiger charge is -2.25. The van der Waals surface area contributed by atoms with Gasteiger partial charge in [0.05, 0.1) is 17.0 Å². The van der Waals surface area contributed by atoms with Gasteiger partial charge in [-0.25, -0.2) is 13.1 Å². The first-order valence-corrected chi connectivity index (χ1v) is 9.83. The van der Waals surface area contributed by atoms with Gasteiger partial charge in [0.25, 0.3) is 0 Å². The summed E-state index contributed by atoms with van der Waals surface area (Å²) in [6.07, 6.45) is -1.01. The first-order chi connectivity index (χ1) is 12.5. The molecule has 3 rings (SSSR count). The van der Waals surface area contributed by atoms with Crippen molar-refractivity contribution in [1.29, 1.82) is 0 Å². The Morgan fingerprint density at radius 2 is 1.27 bits per heavy atom. The largest absolute Gasteiger partial charge is 0.386 e. The van der Waals surface area contributed by atoms with Crippen LogP contribution >= 0.6 is 0 Å². The molecule has 0 aliphatic carbocycles. The summed E-state index contributed by atoms with van der Waals surface area (Å²) in [6, 6.07) is 24.0. The summed E-state index contributed by atoms with van der Waals surface area (Å²) in [4.78, 5) is 0.171. The maximum Gasteiger partial charge on any atom is 0.241 e. The summed E-state index contributed by atoms with van der Waals surface area (Å²) in [5.41, 5.74) is 2.32. The number of hydrogen-bond donors (Lipinski definition) is 2. The molecule has 2 atom stereocenters. The molecule has 134 valence electrons. The molecule has 0 unspecified atom stereocenters. The number of rotatable bonds is 6. The minimum Gasteiger partial charge on any atom is -0.386 e. The average Bonchev–Trinajstić information content (AvgIpc) is 2.67.